The summed E-state index contributed by atoms with van der Waals surface area (Å²) in [6.07, 6.45) is 4.18. The molecule has 2 aromatic carbocycles. The summed E-state index contributed by atoms with van der Waals surface area (Å²) in [6.45, 7) is 0.829. The highest BCUT2D eigenvalue weighted by Crippen LogP contribution is 2.32. The first kappa shape index (κ1) is 19.7. The second-order valence-corrected chi connectivity index (χ2v) is 8.97. The normalized spacial score (nSPS) is 14.1. The molecule has 0 atom stereocenters. The predicted molar refractivity (Wildman–Crippen MR) is 112 cm³/mol. The van der Waals surface area contributed by atoms with E-state index < -0.39 is 10.0 Å². The molecule has 7 nitrogen and oxygen atoms in total. The van der Waals surface area contributed by atoms with Gasteiger partial charge >= 0.3 is 0 Å². The predicted octanol–water partition coefficient (Wildman–Crippen LogP) is 4.13. The number of halogens is 1. The zero-order chi connectivity index (χ0) is 20.4. The summed E-state index contributed by atoms with van der Waals surface area (Å²) in [5, 5.41) is 9.13. The van der Waals surface area contributed by atoms with Gasteiger partial charge < -0.3 is 9.30 Å². The number of nitrogens with zero attached hydrogens (tertiary/aromatic N) is 3. The maximum Gasteiger partial charge on any atom is 0.261 e. The minimum absolute atomic E-state index is 0.145. The molecule has 0 fully saturated rings. The van der Waals surface area contributed by atoms with Crippen molar-refractivity contribution in [3.63, 3.8) is 0 Å². The molecule has 0 bridgehead atoms. The van der Waals surface area contributed by atoms with Crippen molar-refractivity contribution in [1.82, 2.24) is 14.8 Å². The van der Waals surface area contributed by atoms with Crippen molar-refractivity contribution in [2.75, 3.05) is 11.8 Å². The lowest BCUT2D eigenvalue weighted by atomic mass is 10.2. The van der Waals surface area contributed by atoms with E-state index in [1.807, 2.05) is 0 Å². The topological polar surface area (TPSA) is 86.1 Å². The molecule has 4 rings (SSSR count). The van der Waals surface area contributed by atoms with Gasteiger partial charge in [-0.25, -0.2) is 8.42 Å². The molecular weight excluding hydrogens is 412 g/mol. The van der Waals surface area contributed by atoms with E-state index in [2.05, 4.69) is 19.5 Å². The van der Waals surface area contributed by atoms with E-state index in [0.717, 1.165) is 38.1 Å². The second-order valence-electron chi connectivity index (χ2n) is 6.88. The summed E-state index contributed by atoms with van der Waals surface area (Å²) in [7, 11) is -2.22. The first-order valence-electron chi connectivity index (χ1n) is 9.37. The molecule has 0 aliphatic carbocycles. The number of sulfonamides is 1. The van der Waals surface area contributed by atoms with Gasteiger partial charge in [0.15, 0.2) is 5.82 Å². The van der Waals surface area contributed by atoms with E-state index in [4.69, 9.17) is 16.3 Å². The first-order valence-corrected chi connectivity index (χ1v) is 11.2. The molecule has 0 saturated heterocycles. The number of ether oxygens (including phenoxy) is 1. The average molecular weight is 433 g/mol. The second kappa shape index (κ2) is 8.04. The van der Waals surface area contributed by atoms with Crippen LogP contribution in [0.15, 0.2) is 47.4 Å². The molecular formula is C20H21ClN4O3S. The number of aryl methyl sites for hydroxylation is 1. The summed E-state index contributed by atoms with van der Waals surface area (Å²) >= 11 is 6.42. The van der Waals surface area contributed by atoms with Crippen LogP contribution in [0.3, 0.4) is 0 Å². The van der Waals surface area contributed by atoms with Gasteiger partial charge in [0.2, 0.25) is 0 Å². The van der Waals surface area contributed by atoms with Crippen molar-refractivity contribution < 1.29 is 13.2 Å². The van der Waals surface area contributed by atoms with Gasteiger partial charge in [-0.05, 0) is 55.3 Å². The average Bonchev–Trinajstić information content (AvgIpc) is 2.97. The van der Waals surface area contributed by atoms with Crippen LogP contribution in [0.1, 0.15) is 25.1 Å². The van der Waals surface area contributed by atoms with Crippen molar-refractivity contribution in [1.29, 1.82) is 0 Å². The number of aromatic nitrogens is 3. The summed E-state index contributed by atoms with van der Waals surface area (Å²) in [4.78, 5) is 0.145. The van der Waals surface area contributed by atoms with Gasteiger partial charge in [-0.15, -0.1) is 10.2 Å². The third kappa shape index (κ3) is 4.09. The lowest BCUT2D eigenvalue weighted by Gasteiger charge is -2.12. The first-order chi connectivity index (χ1) is 14.0. The Bertz CT molecular complexity index is 1130. The molecule has 0 unspecified atom stereocenters. The number of methoxy groups -OCH3 is 1. The number of anilines is 1. The number of hydrogen-bond acceptors (Lipinski definition) is 5. The largest absolute Gasteiger partial charge is 0.497 e. The molecule has 0 radical (unpaired) electrons. The molecule has 1 N–H and O–H groups in total. The van der Waals surface area contributed by atoms with Crippen molar-refractivity contribution in [3.05, 3.63) is 53.3 Å². The van der Waals surface area contributed by atoms with Crippen LogP contribution in [0.2, 0.25) is 5.02 Å². The molecule has 0 amide bonds. The van der Waals surface area contributed by atoms with Crippen LogP contribution >= 0.6 is 11.6 Å². The fourth-order valence-electron chi connectivity index (χ4n) is 3.41. The minimum Gasteiger partial charge on any atom is -0.497 e. The standard InChI is InChI=1S/C20H21ClN4O3S/c1-28-15-7-9-16(10-8-15)29(26,27)24-14-6-11-18(21)17(13-14)20-23-22-19-5-3-2-4-12-25(19)20/h6-11,13,24H,2-5,12H2,1H3. The third-order valence-corrected chi connectivity index (χ3v) is 6.67. The van der Waals surface area contributed by atoms with Crippen LogP contribution in [-0.2, 0) is 23.0 Å². The smallest absolute Gasteiger partial charge is 0.261 e. The van der Waals surface area contributed by atoms with Gasteiger partial charge in [0, 0.05) is 24.2 Å². The summed E-state index contributed by atoms with van der Waals surface area (Å²) in [5.74, 6) is 2.19. The molecule has 9 heteroatoms. The van der Waals surface area contributed by atoms with Crippen molar-refractivity contribution in [2.45, 2.75) is 37.1 Å². The Morgan fingerprint density at radius 3 is 2.62 bits per heavy atom. The quantitative estimate of drug-likeness (QED) is 0.654. The molecule has 0 spiro atoms. The van der Waals surface area contributed by atoms with Gasteiger partial charge in [0.25, 0.3) is 10.0 Å². The highest BCUT2D eigenvalue weighted by molar-refractivity contribution is 7.92. The van der Waals surface area contributed by atoms with Crippen molar-refractivity contribution in [3.8, 4) is 17.1 Å². The fraction of sp³-hybridized carbons (Fsp3) is 0.300. The summed E-state index contributed by atoms with van der Waals surface area (Å²) in [5.41, 5.74) is 1.06. The maximum absolute atomic E-state index is 12.7. The van der Waals surface area contributed by atoms with Crippen LogP contribution in [0, 0.1) is 0 Å². The Kier molecular flexibility index (Phi) is 5.47. The molecule has 1 aromatic heterocycles. The van der Waals surface area contributed by atoms with Crippen LogP contribution < -0.4 is 9.46 Å². The van der Waals surface area contributed by atoms with Crippen LogP contribution in [0.25, 0.3) is 11.4 Å². The number of rotatable bonds is 5. The fourth-order valence-corrected chi connectivity index (χ4v) is 4.66. The number of nitrogens with one attached hydrogen (secondary N) is 1. The van der Waals surface area contributed by atoms with Crippen LogP contribution in [0.5, 0.6) is 5.75 Å². The molecule has 3 aromatic rings. The molecule has 0 saturated carbocycles. The summed E-state index contributed by atoms with van der Waals surface area (Å²) in [6, 6.07) is 11.2. The monoisotopic (exact) mass is 432 g/mol. The van der Waals surface area contributed by atoms with Crippen molar-refractivity contribution in [2.24, 2.45) is 0 Å². The van der Waals surface area contributed by atoms with Gasteiger partial charge in [-0.3, -0.25) is 4.72 Å². The van der Waals surface area contributed by atoms with Crippen LogP contribution in [0.4, 0.5) is 5.69 Å². The highest BCUT2D eigenvalue weighted by Gasteiger charge is 2.20. The highest BCUT2D eigenvalue weighted by atomic mass is 35.5. The van der Waals surface area contributed by atoms with E-state index in [-0.39, 0.29) is 4.90 Å². The number of hydrogen-bond donors (Lipinski definition) is 1. The Morgan fingerprint density at radius 2 is 1.86 bits per heavy atom. The van der Waals surface area contributed by atoms with E-state index in [0.29, 0.717) is 27.8 Å². The Morgan fingerprint density at radius 1 is 1.07 bits per heavy atom. The Labute approximate surface area is 174 Å². The zero-order valence-corrected chi connectivity index (χ0v) is 17.5. The zero-order valence-electron chi connectivity index (χ0n) is 15.9. The van der Waals surface area contributed by atoms with Gasteiger partial charge in [-0.1, -0.05) is 18.0 Å². The number of benzene rings is 2. The Balaban J connectivity index is 1.66. The number of fused-ring (bicyclic) bond motifs is 1. The van der Waals surface area contributed by atoms with Crippen LogP contribution in [-0.4, -0.2) is 30.3 Å². The molecule has 1 aliphatic heterocycles. The third-order valence-electron chi connectivity index (χ3n) is 4.94. The van der Waals surface area contributed by atoms with Gasteiger partial charge in [-0.2, -0.15) is 0 Å². The van der Waals surface area contributed by atoms with Gasteiger partial charge in [0.05, 0.1) is 17.0 Å². The lowest BCUT2D eigenvalue weighted by Crippen LogP contribution is -2.13. The van der Waals surface area contributed by atoms with E-state index in [1.54, 1.807) is 30.3 Å². The maximum atomic E-state index is 12.7. The van der Waals surface area contributed by atoms with Gasteiger partial charge in [0.1, 0.15) is 11.6 Å². The summed E-state index contributed by atoms with van der Waals surface area (Å²) < 4.78 is 35.3. The molecule has 29 heavy (non-hydrogen) atoms. The van der Waals surface area contributed by atoms with E-state index in [1.165, 1.54) is 19.2 Å². The Hall–Kier alpha value is -2.58. The lowest BCUT2D eigenvalue weighted by molar-refractivity contribution is 0.414. The molecule has 1 aliphatic rings. The van der Waals surface area contributed by atoms with E-state index >= 15 is 0 Å². The van der Waals surface area contributed by atoms with E-state index in [9.17, 15) is 8.42 Å². The van der Waals surface area contributed by atoms with Crippen molar-refractivity contribution >= 4 is 27.3 Å². The molecule has 2 heterocycles. The minimum atomic E-state index is -3.75. The molecule has 152 valence electrons. The SMILES string of the molecule is COc1ccc(S(=O)(=O)Nc2ccc(Cl)c(-c3nnc4n3CCCCC4)c2)cc1.